The minimum absolute atomic E-state index is 0.424. The monoisotopic (exact) mass is 345 g/mol. The van der Waals surface area contributed by atoms with Gasteiger partial charge in [-0.25, -0.2) is 9.97 Å². The van der Waals surface area contributed by atoms with Gasteiger partial charge in [-0.2, -0.15) is 0 Å². The quantitative estimate of drug-likeness (QED) is 0.642. The average Bonchev–Trinajstić information content (AvgIpc) is 2.56. The van der Waals surface area contributed by atoms with Crippen molar-refractivity contribution < 1.29 is 4.74 Å². The number of rotatable bonds is 6. The second kappa shape index (κ2) is 7.59. The molecule has 0 atom stereocenters. The molecular formula is C17H20ClN5O. The molecule has 1 aliphatic heterocycles. The molecule has 1 aliphatic rings. The predicted octanol–water partition coefficient (Wildman–Crippen LogP) is 3.41. The molecule has 3 heterocycles. The van der Waals surface area contributed by atoms with Crippen LogP contribution < -0.4 is 10.2 Å². The molecule has 0 spiro atoms. The van der Waals surface area contributed by atoms with Gasteiger partial charge >= 0.3 is 0 Å². The molecule has 2 aromatic heterocycles. The van der Waals surface area contributed by atoms with E-state index < -0.39 is 0 Å². The van der Waals surface area contributed by atoms with Gasteiger partial charge in [-0.3, -0.25) is 4.99 Å². The summed E-state index contributed by atoms with van der Waals surface area (Å²) in [6, 6.07) is 5.88. The van der Waals surface area contributed by atoms with Gasteiger partial charge in [-0.05, 0) is 31.5 Å². The third-order valence-electron chi connectivity index (χ3n) is 3.68. The highest BCUT2D eigenvalue weighted by atomic mass is 35.5. The Morgan fingerprint density at radius 3 is 3.00 bits per heavy atom. The number of hydrogen-bond acceptors (Lipinski definition) is 6. The van der Waals surface area contributed by atoms with Crippen LogP contribution in [-0.4, -0.2) is 42.6 Å². The van der Waals surface area contributed by atoms with E-state index in [1.165, 1.54) is 0 Å². The Morgan fingerprint density at radius 2 is 2.21 bits per heavy atom. The van der Waals surface area contributed by atoms with Crippen LogP contribution in [-0.2, 0) is 4.74 Å². The summed E-state index contributed by atoms with van der Waals surface area (Å²) in [7, 11) is 0. The normalized spacial score (nSPS) is 13.0. The molecule has 6 nitrogen and oxygen atoms in total. The smallest absolute Gasteiger partial charge is 0.142 e. The number of aliphatic imine (C=N–C) groups is 1. The lowest BCUT2D eigenvalue weighted by Gasteiger charge is -2.28. The predicted molar refractivity (Wildman–Crippen MR) is 97.8 cm³/mol. The average molecular weight is 346 g/mol. The molecule has 0 saturated heterocycles. The summed E-state index contributed by atoms with van der Waals surface area (Å²) in [5.74, 6) is 1.40. The Hall–Kier alpha value is -2.18. The lowest BCUT2D eigenvalue weighted by molar-refractivity contribution is 0.154. The maximum absolute atomic E-state index is 6.35. The molecule has 0 fully saturated rings. The van der Waals surface area contributed by atoms with Crippen molar-refractivity contribution >= 4 is 35.1 Å². The summed E-state index contributed by atoms with van der Waals surface area (Å²) in [5.41, 5.74) is 2.96. The fourth-order valence-electron chi connectivity index (χ4n) is 2.51. The van der Waals surface area contributed by atoms with Gasteiger partial charge in [0, 0.05) is 31.6 Å². The van der Waals surface area contributed by atoms with Gasteiger partial charge in [0.25, 0.3) is 0 Å². The molecule has 0 aromatic carbocycles. The number of anilines is 3. The van der Waals surface area contributed by atoms with E-state index in [9.17, 15) is 0 Å². The van der Waals surface area contributed by atoms with Gasteiger partial charge in [0.05, 0.1) is 17.9 Å². The highest BCUT2D eigenvalue weighted by molar-refractivity contribution is 6.32. The highest BCUT2D eigenvalue weighted by Gasteiger charge is 2.19. The molecule has 0 bridgehead atoms. The van der Waals surface area contributed by atoms with Crippen molar-refractivity contribution in [3.8, 4) is 0 Å². The maximum Gasteiger partial charge on any atom is 0.142 e. The second-order valence-corrected chi connectivity index (χ2v) is 5.85. The largest absolute Gasteiger partial charge is 0.380 e. The van der Waals surface area contributed by atoms with E-state index in [0.29, 0.717) is 30.9 Å². The molecule has 0 radical (unpaired) electrons. The second-order valence-electron chi connectivity index (χ2n) is 5.49. The lowest BCUT2D eigenvalue weighted by atomic mass is 10.2. The first-order valence-electron chi connectivity index (χ1n) is 7.90. The number of pyridine rings is 2. The van der Waals surface area contributed by atoms with Crippen LogP contribution in [0.15, 0.2) is 29.4 Å². The fraction of sp³-hybridized carbons (Fsp3) is 0.353. The van der Waals surface area contributed by atoms with Gasteiger partial charge < -0.3 is 15.0 Å². The number of ether oxygens (including phenoxy) is 1. The van der Waals surface area contributed by atoms with Crippen LogP contribution in [0.3, 0.4) is 0 Å². The van der Waals surface area contributed by atoms with Crippen molar-refractivity contribution in [3.63, 3.8) is 0 Å². The molecule has 24 heavy (non-hydrogen) atoms. The van der Waals surface area contributed by atoms with Gasteiger partial charge in [0.2, 0.25) is 0 Å². The Labute approximate surface area is 146 Å². The molecule has 126 valence electrons. The van der Waals surface area contributed by atoms with E-state index >= 15 is 0 Å². The van der Waals surface area contributed by atoms with Crippen molar-refractivity contribution in [2.45, 2.75) is 13.8 Å². The van der Waals surface area contributed by atoms with E-state index in [2.05, 4.69) is 25.2 Å². The number of hydrogen-bond donors (Lipinski definition) is 1. The summed E-state index contributed by atoms with van der Waals surface area (Å²) >= 11 is 6.35. The number of aryl methyl sites for hydroxylation is 1. The van der Waals surface area contributed by atoms with Gasteiger partial charge in [-0.15, -0.1) is 0 Å². The van der Waals surface area contributed by atoms with Crippen LogP contribution >= 0.6 is 11.6 Å². The van der Waals surface area contributed by atoms with Gasteiger partial charge in [0.1, 0.15) is 23.5 Å². The molecule has 1 N–H and O–H groups in total. The Morgan fingerprint density at radius 1 is 1.33 bits per heavy atom. The zero-order valence-electron chi connectivity index (χ0n) is 13.8. The van der Waals surface area contributed by atoms with Crippen molar-refractivity contribution in [2.24, 2.45) is 4.99 Å². The van der Waals surface area contributed by atoms with E-state index in [-0.39, 0.29) is 0 Å². The first-order chi connectivity index (χ1) is 11.7. The topological polar surface area (TPSA) is 62.6 Å². The first kappa shape index (κ1) is 16.7. The summed E-state index contributed by atoms with van der Waals surface area (Å²) in [6.45, 7) is 6.69. The summed E-state index contributed by atoms with van der Waals surface area (Å²) in [5, 5.41) is 3.64. The zero-order valence-corrected chi connectivity index (χ0v) is 14.5. The van der Waals surface area contributed by atoms with Crippen LogP contribution in [0.4, 0.5) is 17.3 Å². The summed E-state index contributed by atoms with van der Waals surface area (Å²) < 4.78 is 5.45. The minimum Gasteiger partial charge on any atom is -0.380 e. The van der Waals surface area contributed by atoms with Crippen molar-refractivity contribution in [2.75, 3.05) is 36.6 Å². The van der Waals surface area contributed by atoms with E-state index in [1.807, 2.05) is 32.0 Å². The van der Waals surface area contributed by atoms with E-state index in [4.69, 9.17) is 16.3 Å². The minimum atomic E-state index is 0.424. The van der Waals surface area contributed by atoms with Crippen molar-refractivity contribution in [3.05, 3.63) is 40.7 Å². The van der Waals surface area contributed by atoms with Gasteiger partial charge in [-0.1, -0.05) is 11.6 Å². The third-order valence-corrected chi connectivity index (χ3v) is 3.97. The van der Waals surface area contributed by atoms with Crippen molar-refractivity contribution in [1.29, 1.82) is 0 Å². The van der Waals surface area contributed by atoms with Crippen molar-refractivity contribution in [1.82, 2.24) is 9.97 Å². The molecule has 7 heteroatoms. The lowest BCUT2D eigenvalue weighted by Crippen LogP contribution is -2.31. The number of nitrogens with zero attached hydrogens (tertiary/aromatic N) is 4. The van der Waals surface area contributed by atoms with Crippen LogP contribution in [0, 0.1) is 6.92 Å². The molecular weight excluding hydrogens is 326 g/mol. The number of aromatic nitrogens is 2. The number of fused-ring (bicyclic) bond motifs is 1. The summed E-state index contributed by atoms with van der Waals surface area (Å²) in [4.78, 5) is 15.2. The van der Waals surface area contributed by atoms with E-state index in [1.54, 1.807) is 12.4 Å². The Balaban J connectivity index is 1.86. The van der Waals surface area contributed by atoms with Crippen LogP contribution in [0.5, 0.6) is 0 Å². The molecule has 2 aromatic rings. The van der Waals surface area contributed by atoms with Crippen LogP contribution in [0.25, 0.3) is 0 Å². The molecule has 0 unspecified atom stereocenters. The molecule has 0 saturated carbocycles. The fourth-order valence-corrected chi connectivity index (χ4v) is 2.75. The first-order valence-corrected chi connectivity index (χ1v) is 8.28. The standard InChI is InChI=1S/C17H20ClN5O/c1-3-24-7-6-23-11-19-10-13-14(23)9-16(22-17(13)18)21-15-8-12(2)4-5-20-15/h4-5,8-10H,3,6-7,11H2,1-2H3,(H,20,21,22). The maximum atomic E-state index is 6.35. The number of nitrogens with one attached hydrogen (secondary N) is 1. The Kier molecular flexibility index (Phi) is 5.27. The number of halogens is 1. The van der Waals surface area contributed by atoms with Gasteiger partial charge in [0.15, 0.2) is 0 Å². The third kappa shape index (κ3) is 3.83. The molecule has 0 aliphatic carbocycles. The Bertz CT molecular complexity index is 750. The van der Waals surface area contributed by atoms with Crippen LogP contribution in [0.1, 0.15) is 18.1 Å². The molecule has 0 amide bonds. The molecule has 3 rings (SSSR count). The van der Waals surface area contributed by atoms with E-state index in [0.717, 1.165) is 29.2 Å². The van der Waals surface area contributed by atoms with Crippen LogP contribution in [0.2, 0.25) is 5.15 Å². The highest BCUT2D eigenvalue weighted by Crippen LogP contribution is 2.31. The zero-order chi connectivity index (χ0) is 16.9. The SMILES string of the molecule is CCOCCN1CN=Cc2c1cc(Nc1cc(C)ccn1)nc2Cl. The summed E-state index contributed by atoms with van der Waals surface area (Å²) in [6.07, 6.45) is 3.54.